The summed E-state index contributed by atoms with van der Waals surface area (Å²) in [4.78, 5) is 5.20. The summed E-state index contributed by atoms with van der Waals surface area (Å²) in [6.07, 6.45) is 1.83. The minimum absolute atomic E-state index is 0.736. The molecule has 1 fully saturated rings. The molecule has 1 aliphatic heterocycles. The topological polar surface area (TPSA) is 19.7 Å². The van der Waals surface area contributed by atoms with E-state index in [9.17, 15) is 0 Å². The van der Waals surface area contributed by atoms with Crippen molar-refractivity contribution in [1.82, 2.24) is 10.2 Å². The molecule has 19 heavy (non-hydrogen) atoms. The number of hydrogen-bond donors (Lipinski definition) is 2. The van der Waals surface area contributed by atoms with Crippen LogP contribution in [-0.2, 0) is 6.54 Å². The van der Waals surface area contributed by atoms with E-state index < -0.39 is 0 Å². The lowest BCUT2D eigenvalue weighted by molar-refractivity contribution is -0.917. The van der Waals surface area contributed by atoms with Crippen molar-refractivity contribution in [2.45, 2.75) is 6.54 Å². The van der Waals surface area contributed by atoms with Gasteiger partial charge in [-0.1, -0.05) is 17.7 Å². The summed E-state index contributed by atoms with van der Waals surface area (Å²) in [5.41, 5.74) is 0. The van der Waals surface area contributed by atoms with Crippen molar-refractivity contribution in [3.8, 4) is 0 Å². The summed E-state index contributed by atoms with van der Waals surface area (Å²) < 4.78 is 0.878. The van der Waals surface area contributed by atoms with Gasteiger partial charge in [-0.2, -0.15) is 0 Å². The Morgan fingerprint density at radius 3 is 2.84 bits per heavy atom. The van der Waals surface area contributed by atoms with Gasteiger partial charge in [0.15, 0.2) is 5.11 Å². The molecule has 1 aromatic rings. The van der Waals surface area contributed by atoms with Gasteiger partial charge < -0.3 is 15.1 Å². The summed E-state index contributed by atoms with van der Waals surface area (Å²) in [6, 6.07) is 4.11. The van der Waals surface area contributed by atoms with Crippen LogP contribution in [0.5, 0.6) is 0 Å². The van der Waals surface area contributed by atoms with Crippen molar-refractivity contribution < 1.29 is 4.90 Å². The van der Waals surface area contributed by atoms with Crippen LogP contribution >= 0.6 is 35.2 Å². The largest absolute Gasteiger partial charge is 0.359 e. The first-order valence-corrected chi connectivity index (χ1v) is 8.01. The molecule has 0 radical (unpaired) electrons. The predicted octanol–water partition coefficient (Wildman–Crippen LogP) is 1.16. The molecule has 1 aromatic heterocycles. The van der Waals surface area contributed by atoms with Gasteiger partial charge in [0.05, 0.1) is 35.4 Å². The third-order valence-corrected chi connectivity index (χ3v) is 4.84. The van der Waals surface area contributed by atoms with Crippen LogP contribution < -0.4 is 10.2 Å². The fraction of sp³-hybridized carbons (Fsp3) is 0.462. The second kappa shape index (κ2) is 7.24. The lowest BCUT2D eigenvalue weighted by Gasteiger charge is -2.33. The minimum Gasteiger partial charge on any atom is -0.359 e. The number of nitrogens with one attached hydrogen (secondary N) is 2. The zero-order valence-corrected chi connectivity index (χ0v) is 13.2. The molecule has 1 saturated heterocycles. The highest BCUT2D eigenvalue weighted by atomic mass is 35.5. The molecule has 0 saturated carbocycles. The van der Waals surface area contributed by atoms with Crippen LogP contribution in [0.15, 0.2) is 24.8 Å². The zero-order chi connectivity index (χ0) is 13.7. The second-order valence-electron chi connectivity index (χ2n) is 4.59. The van der Waals surface area contributed by atoms with Gasteiger partial charge in [0.25, 0.3) is 0 Å². The van der Waals surface area contributed by atoms with Crippen LogP contribution in [0.25, 0.3) is 0 Å². The van der Waals surface area contributed by atoms with Crippen molar-refractivity contribution in [3.63, 3.8) is 0 Å². The molecule has 2 rings (SSSR count). The van der Waals surface area contributed by atoms with E-state index >= 15 is 0 Å². The van der Waals surface area contributed by atoms with E-state index in [0.717, 1.165) is 48.7 Å². The molecular weight excluding hydrogens is 298 g/mol. The van der Waals surface area contributed by atoms with Crippen molar-refractivity contribution in [2.75, 3.05) is 32.7 Å². The maximum atomic E-state index is 5.96. The fourth-order valence-electron chi connectivity index (χ4n) is 2.17. The summed E-state index contributed by atoms with van der Waals surface area (Å²) in [7, 11) is 0. The van der Waals surface area contributed by atoms with Crippen LogP contribution in [-0.4, -0.2) is 42.7 Å². The predicted molar refractivity (Wildman–Crippen MR) is 86.1 cm³/mol. The number of quaternary nitrogens is 1. The SMILES string of the molecule is C=CCNC(=S)N1CC[NH+](Cc2ccc(Cl)s2)CC1. The summed E-state index contributed by atoms with van der Waals surface area (Å²) >= 11 is 13.0. The van der Waals surface area contributed by atoms with E-state index in [1.807, 2.05) is 12.1 Å². The normalized spacial score (nSPS) is 16.4. The molecule has 0 amide bonds. The summed E-state index contributed by atoms with van der Waals surface area (Å²) in [5, 5.41) is 4.03. The summed E-state index contributed by atoms with van der Waals surface area (Å²) in [5.74, 6) is 0. The first-order chi connectivity index (χ1) is 9.19. The van der Waals surface area contributed by atoms with E-state index in [1.54, 1.807) is 16.2 Å². The van der Waals surface area contributed by atoms with Crippen molar-refractivity contribution in [3.05, 3.63) is 34.0 Å². The zero-order valence-electron chi connectivity index (χ0n) is 10.8. The molecular formula is C13H19ClN3S2+. The monoisotopic (exact) mass is 316 g/mol. The van der Waals surface area contributed by atoms with Gasteiger partial charge in [-0.05, 0) is 24.4 Å². The Labute approximate surface area is 128 Å². The van der Waals surface area contributed by atoms with Gasteiger partial charge in [-0.3, -0.25) is 0 Å². The van der Waals surface area contributed by atoms with Crippen molar-refractivity contribution in [2.24, 2.45) is 0 Å². The van der Waals surface area contributed by atoms with Crippen LogP contribution in [0.1, 0.15) is 4.88 Å². The number of thiocarbonyl (C=S) groups is 1. The summed E-state index contributed by atoms with van der Waals surface area (Å²) in [6.45, 7) is 9.74. The van der Waals surface area contributed by atoms with Crippen molar-refractivity contribution >= 4 is 40.3 Å². The van der Waals surface area contributed by atoms with Gasteiger partial charge in [-0.25, -0.2) is 0 Å². The van der Waals surface area contributed by atoms with Gasteiger partial charge >= 0.3 is 0 Å². The molecule has 0 atom stereocenters. The fourth-order valence-corrected chi connectivity index (χ4v) is 3.59. The Hall–Kier alpha value is -0.620. The maximum Gasteiger partial charge on any atom is 0.169 e. The number of hydrogen-bond acceptors (Lipinski definition) is 2. The highest BCUT2D eigenvalue weighted by Gasteiger charge is 2.21. The average molecular weight is 317 g/mol. The Morgan fingerprint density at radius 2 is 2.26 bits per heavy atom. The van der Waals surface area contributed by atoms with E-state index in [2.05, 4.69) is 22.9 Å². The number of piperazine rings is 1. The standard InChI is InChI=1S/C13H18ClN3S2/c1-2-5-15-13(18)17-8-6-16(7-9-17)10-11-3-4-12(14)19-11/h2-4H,1,5-10H2,(H,15,18)/p+1. The molecule has 2 N–H and O–H groups in total. The number of halogens is 1. The van der Waals surface area contributed by atoms with Crippen LogP contribution in [0.3, 0.4) is 0 Å². The lowest BCUT2D eigenvalue weighted by Crippen LogP contribution is -3.13. The Kier molecular flexibility index (Phi) is 5.63. The molecule has 6 heteroatoms. The first-order valence-electron chi connectivity index (χ1n) is 6.40. The molecule has 0 bridgehead atoms. The van der Waals surface area contributed by atoms with E-state index in [4.69, 9.17) is 23.8 Å². The highest BCUT2D eigenvalue weighted by Crippen LogP contribution is 2.20. The minimum atomic E-state index is 0.736. The highest BCUT2D eigenvalue weighted by molar-refractivity contribution is 7.80. The number of nitrogens with zero attached hydrogens (tertiary/aromatic N) is 1. The van der Waals surface area contributed by atoms with Crippen LogP contribution in [0, 0.1) is 0 Å². The van der Waals surface area contributed by atoms with Crippen LogP contribution in [0.4, 0.5) is 0 Å². The van der Waals surface area contributed by atoms with E-state index in [-0.39, 0.29) is 0 Å². The number of rotatable bonds is 4. The van der Waals surface area contributed by atoms with Gasteiger partial charge in [0.1, 0.15) is 6.54 Å². The molecule has 0 spiro atoms. The third kappa shape index (κ3) is 4.45. The Balaban J connectivity index is 1.76. The molecule has 2 heterocycles. The Morgan fingerprint density at radius 1 is 1.53 bits per heavy atom. The lowest BCUT2D eigenvalue weighted by atomic mass is 10.3. The average Bonchev–Trinajstić information content (AvgIpc) is 2.82. The Bertz CT molecular complexity index is 439. The van der Waals surface area contributed by atoms with Gasteiger partial charge in [0, 0.05) is 6.54 Å². The number of thiophene rings is 1. The molecule has 3 nitrogen and oxygen atoms in total. The van der Waals surface area contributed by atoms with Gasteiger partial charge in [-0.15, -0.1) is 17.9 Å². The molecule has 0 aromatic carbocycles. The molecule has 1 aliphatic rings. The van der Waals surface area contributed by atoms with Gasteiger partial charge in [0.2, 0.25) is 0 Å². The first kappa shape index (κ1) is 14.8. The van der Waals surface area contributed by atoms with E-state index in [0.29, 0.717) is 0 Å². The van der Waals surface area contributed by atoms with Crippen LogP contribution in [0.2, 0.25) is 4.34 Å². The van der Waals surface area contributed by atoms with E-state index in [1.165, 1.54) is 4.88 Å². The molecule has 0 aliphatic carbocycles. The molecule has 104 valence electrons. The third-order valence-electron chi connectivity index (χ3n) is 3.21. The maximum absolute atomic E-state index is 5.96. The molecule has 0 unspecified atom stereocenters. The second-order valence-corrected chi connectivity index (χ2v) is 6.78. The van der Waals surface area contributed by atoms with Crippen molar-refractivity contribution in [1.29, 1.82) is 0 Å². The smallest absolute Gasteiger partial charge is 0.169 e. The quantitative estimate of drug-likeness (QED) is 0.642.